The second-order valence-electron chi connectivity index (χ2n) is 6.87. The molecule has 1 amide bonds. The van der Waals surface area contributed by atoms with Crippen molar-refractivity contribution in [3.63, 3.8) is 0 Å². The molecule has 0 aliphatic rings. The third-order valence-electron chi connectivity index (χ3n) is 4.75. The smallest absolute Gasteiger partial charge is 0.264 e. The molecular weight excluding hydrogens is 452 g/mol. The summed E-state index contributed by atoms with van der Waals surface area (Å²) in [6.07, 6.45) is 0. The summed E-state index contributed by atoms with van der Waals surface area (Å²) in [5.41, 5.74) is 1.46. The highest BCUT2D eigenvalue weighted by Crippen LogP contribution is 2.35. The van der Waals surface area contributed by atoms with Crippen molar-refractivity contribution >= 4 is 38.9 Å². The van der Waals surface area contributed by atoms with Crippen molar-refractivity contribution in [2.75, 3.05) is 30.4 Å². The van der Waals surface area contributed by atoms with E-state index in [4.69, 9.17) is 21.1 Å². The van der Waals surface area contributed by atoms with Crippen LogP contribution in [0.4, 0.5) is 11.4 Å². The molecule has 0 spiro atoms. The lowest BCUT2D eigenvalue weighted by atomic mass is 10.2. The molecule has 0 radical (unpaired) electrons. The predicted octanol–water partition coefficient (Wildman–Crippen LogP) is 4.50. The highest BCUT2D eigenvalue weighted by Gasteiger charge is 2.30. The highest BCUT2D eigenvalue weighted by atomic mass is 35.5. The number of ether oxygens (including phenoxy) is 2. The lowest BCUT2D eigenvalue weighted by Crippen LogP contribution is -2.38. The monoisotopic (exact) mass is 474 g/mol. The number of aryl methyl sites for hydroxylation is 1. The first-order chi connectivity index (χ1) is 15.3. The SMILES string of the molecule is COc1ccc(OC)c(N(CC(=O)Nc2cc(Cl)ccc2C)S(=O)(=O)c2ccccc2)c1. The fourth-order valence-corrected chi connectivity index (χ4v) is 4.68. The molecule has 0 unspecified atom stereocenters. The third kappa shape index (κ3) is 5.15. The van der Waals surface area contributed by atoms with Crippen molar-refractivity contribution in [3.8, 4) is 11.5 Å². The Morgan fingerprint density at radius 3 is 2.38 bits per heavy atom. The van der Waals surface area contributed by atoms with E-state index in [0.29, 0.717) is 16.5 Å². The van der Waals surface area contributed by atoms with Crippen LogP contribution < -0.4 is 19.1 Å². The molecular formula is C23H23ClN2O5S. The number of carbonyl (C=O) groups excluding carboxylic acids is 1. The number of nitrogens with zero attached hydrogens (tertiary/aromatic N) is 1. The number of hydrogen-bond donors (Lipinski definition) is 1. The Morgan fingerprint density at radius 2 is 1.72 bits per heavy atom. The summed E-state index contributed by atoms with van der Waals surface area (Å²) < 4.78 is 38.7. The molecule has 3 rings (SSSR count). The van der Waals surface area contributed by atoms with Crippen molar-refractivity contribution in [1.82, 2.24) is 0 Å². The minimum Gasteiger partial charge on any atom is -0.497 e. The van der Waals surface area contributed by atoms with Crippen LogP contribution in [0.5, 0.6) is 11.5 Å². The first-order valence-electron chi connectivity index (χ1n) is 9.62. The number of halogens is 1. The van der Waals surface area contributed by atoms with E-state index in [1.54, 1.807) is 48.5 Å². The molecule has 1 N–H and O–H groups in total. The van der Waals surface area contributed by atoms with Gasteiger partial charge in [-0.3, -0.25) is 9.10 Å². The molecule has 0 heterocycles. The molecule has 0 aromatic heterocycles. The maximum Gasteiger partial charge on any atom is 0.264 e. The van der Waals surface area contributed by atoms with Gasteiger partial charge in [0.05, 0.1) is 24.8 Å². The number of sulfonamides is 1. The second-order valence-corrected chi connectivity index (χ2v) is 9.17. The van der Waals surface area contributed by atoms with E-state index in [-0.39, 0.29) is 16.3 Å². The summed E-state index contributed by atoms with van der Waals surface area (Å²) in [7, 11) is -1.21. The number of anilines is 2. The Labute approximate surface area is 192 Å². The Balaban J connectivity index is 2.05. The van der Waals surface area contributed by atoms with Gasteiger partial charge in [-0.15, -0.1) is 0 Å². The molecule has 0 aliphatic heterocycles. The number of nitrogens with one attached hydrogen (secondary N) is 1. The summed E-state index contributed by atoms with van der Waals surface area (Å²) in [5.74, 6) is 0.150. The summed E-state index contributed by atoms with van der Waals surface area (Å²) in [6, 6.07) is 17.7. The van der Waals surface area contributed by atoms with Crippen molar-refractivity contribution in [2.45, 2.75) is 11.8 Å². The third-order valence-corrected chi connectivity index (χ3v) is 6.76. The zero-order valence-corrected chi connectivity index (χ0v) is 19.4. The van der Waals surface area contributed by atoms with Crippen LogP contribution in [0, 0.1) is 6.92 Å². The molecule has 3 aromatic carbocycles. The molecule has 7 nitrogen and oxygen atoms in total. The Morgan fingerprint density at radius 1 is 1.00 bits per heavy atom. The summed E-state index contributed by atoms with van der Waals surface area (Å²) in [6.45, 7) is 1.32. The standard InChI is InChI=1S/C23H23ClN2O5S/c1-16-9-10-17(24)13-20(16)25-23(27)15-26(32(28,29)19-7-5-4-6-8-19)21-14-18(30-2)11-12-22(21)31-3/h4-14H,15H2,1-3H3,(H,25,27). The van der Waals surface area contributed by atoms with E-state index in [9.17, 15) is 13.2 Å². The summed E-state index contributed by atoms with van der Waals surface area (Å²) in [4.78, 5) is 13.0. The van der Waals surface area contributed by atoms with E-state index >= 15 is 0 Å². The minimum atomic E-state index is -4.11. The lowest BCUT2D eigenvalue weighted by Gasteiger charge is -2.26. The van der Waals surface area contributed by atoms with Gasteiger partial charge in [-0.2, -0.15) is 0 Å². The normalized spacial score (nSPS) is 11.0. The van der Waals surface area contributed by atoms with Gasteiger partial charge in [0.25, 0.3) is 10.0 Å². The van der Waals surface area contributed by atoms with Crippen LogP contribution in [0.3, 0.4) is 0 Å². The number of rotatable bonds is 8. The molecule has 0 aliphatic carbocycles. The van der Waals surface area contributed by atoms with Crippen LogP contribution in [0.1, 0.15) is 5.56 Å². The van der Waals surface area contributed by atoms with Gasteiger partial charge in [0, 0.05) is 16.8 Å². The van der Waals surface area contributed by atoms with Crippen LogP contribution in [0.25, 0.3) is 0 Å². The van der Waals surface area contributed by atoms with Crippen molar-refractivity contribution in [3.05, 3.63) is 77.3 Å². The topological polar surface area (TPSA) is 84.9 Å². The van der Waals surface area contributed by atoms with Gasteiger partial charge < -0.3 is 14.8 Å². The fourth-order valence-electron chi connectivity index (χ4n) is 3.06. The number of methoxy groups -OCH3 is 2. The zero-order chi connectivity index (χ0) is 23.3. The molecule has 0 bridgehead atoms. The zero-order valence-electron chi connectivity index (χ0n) is 17.8. The Bertz CT molecular complexity index is 1220. The maximum atomic E-state index is 13.5. The van der Waals surface area contributed by atoms with Crippen LogP contribution >= 0.6 is 11.6 Å². The maximum absolute atomic E-state index is 13.5. The number of benzene rings is 3. The van der Waals surface area contributed by atoms with Crippen LogP contribution in [-0.2, 0) is 14.8 Å². The number of amides is 1. The molecule has 0 atom stereocenters. The number of carbonyl (C=O) groups is 1. The molecule has 3 aromatic rings. The molecule has 0 saturated carbocycles. The van der Waals surface area contributed by atoms with E-state index in [0.717, 1.165) is 9.87 Å². The van der Waals surface area contributed by atoms with Gasteiger partial charge in [-0.25, -0.2) is 8.42 Å². The summed E-state index contributed by atoms with van der Waals surface area (Å²) in [5, 5.41) is 3.19. The average Bonchev–Trinajstić information content (AvgIpc) is 2.80. The van der Waals surface area contributed by atoms with Gasteiger partial charge in [0.15, 0.2) is 0 Å². The minimum absolute atomic E-state index is 0.0385. The Kier molecular flexibility index (Phi) is 7.27. The molecule has 32 heavy (non-hydrogen) atoms. The van der Waals surface area contributed by atoms with E-state index in [1.165, 1.54) is 32.4 Å². The summed E-state index contributed by atoms with van der Waals surface area (Å²) >= 11 is 6.04. The van der Waals surface area contributed by atoms with Gasteiger partial charge in [-0.1, -0.05) is 35.9 Å². The number of hydrogen-bond acceptors (Lipinski definition) is 5. The highest BCUT2D eigenvalue weighted by molar-refractivity contribution is 7.92. The second kappa shape index (κ2) is 9.93. The van der Waals surface area contributed by atoms with Crippen molar-refractivity contribution < 1.29 is 22.7 Å². The van der Waals surface area contributed by atoms with Crippen LogP contribution in [-0.4, -0.2) is 35.1 Å². The van der Waals surface area contributed by atoms with Crippen LogP contribution in [0.15, 0.2) is 71.6 Å². The van der Waals surface area contributed by atoms with Crippen LogP contribution in [0.2, 0.25) is 5.02 Å². The largest absolute Gasteiger partial charge is 0.497 e. The van der Waals surface area contributed by atoms with Gasteiger partial charge >= 0.3 is 0 Å². The molecule has 168 valence electrons. The quantitative estimate of drug-likeness (QED) is 0.519. The lowest BCUT2D eigenvalue weighted by molar-refractivity contribution is -0.114. The molecule has 0 saturated heterocycles. The van der Waals surface area contributed by atoms with E-state index in [2.05, 4.69) is 5.32 Å². The van der Waals surface area contributed by atoms with Gasteiger partial charge in [0.2, 0.25) is 5.91 Å². The van der Waals surface area contributed by atoms with Gasteiger partial charge in [0.1, 0.15) is 18.0 Å². The van der Waals surface area contributed by atoms with Gasteiger partial charge in [-0.05, 0) is 48.9 Å². The molecule has 9 heteroatoms. The van der Waals surface area contributed by atoms with E-state index < -0.39 is 22.5 Å². The average molecular weight is 475 g/mol. The first kappa shape index (κ1) is 23.4. The first-order valence-corrected chi connectivity index (χ1v) is 11.4. The predicted molar refractivity (Wildman–Crippen MR) is 125 cm³/mol. The van der Waals surface area contributed by atoms with Crippen molar-refractivity contribution in [2.24, 2.45) is 0 Å². The van der Waals surface area contributed by atoms with Crippen molar-refractivity contribution in [1.29, 1.82) is 0 Å². The Hall–Kier alpha value is -3.23. The van der Waals surface area contributed by atoms with E-state index in [1.807, 2.05) is 6.92 Å². The fraction of sp³-hybridized carbons (Fsp3) is 0.174. The molecule has 0 fully saturated rings.